The number of rotatable bonds is 11. The Bertz CT molecular complexity index is 1090. The average molecular weight is 595 g/mol. The SMILES string of the molecule is CC(C)(CN1CCOCC1)CN1CCCC(c2nnsc2S(C)(=O)=O)C1.O=C(O)CC(O)(CC(=O)O)C(=O)O. The zero-order chi connectivity index (χ0) is 29.4. The Hall–Kier alpha value is -2.24. The number of piperidine rings is 1. The van der Waals surface area contributed by atoms with Gasteiger partial charge in [-0.1, -0.05) is 18.3 Å². The van der Waals surface area contributed by atoms with Gasteiger partial charge in [0.05, 0.1) is 31.7 Å². The fourth-order valence-electron chi connectivity index (χ4n) is 4.85. The molecule has 39 heavy (non-hydrogen) atoms. The van der Waals surface area contributed by atoms with Gasteiger partial charge in [0.25, 0.3) is 0 Å². The molecular formula is C23H38N4O10S2. The average Bonchev–Trinajstić information content (AvgIpc) is 3.29. The monoisotopic (exact) mass is 594 g/mol. The van der Waals surface area contributed by atoms with Crippen molar-refractivity contribution in [1.82, 2.24) is 19.4 Å². The third kappa shape index (κ3) is 10.7. The van der Waals surface area contributed by atoms with Crippen LogP contribution in [0.5, 0.6) is 0 Å². The van der Waals surface area contributed by atoms with Crippen LogP contribution in [0.2, 0.25) is 0 Å². The number of sulfone groups is 1. The van der Waals surface area contributed by atoms with Crippen LogP contribution in [-0.4, -0.2) is 130 Å². The van der Waals surface area contributed by atoms with Gasteiger partial charge in [0.15, 0.2) is 19.6 Å². The molecule has 0 bridgehead atoms. The van der Waals surface area contributed by atoms with Gasteiger partial charge in [-0.25, -0.2) is 13.2 Å². The second kappa shape index (κ2) is 13.9. The van der Waals surface area contributed by atoms with Crippen molar-refractivity contribution in [2.75, 3.05) is 58.7 Å². The van der Waals surface area contributed by atoms with E-state index in [1.165, 1.54) is 6.26 Å². The first kappa shape index (κ1) is 33.0. The van der Waals surface area contributed by atoms with Gasteiger partial charge in [-0.05, 0) is 24.8 Å². The summed E-state index contributed by atoms with van der Waals surface area (Å²) in [5.41, 5.74) is -1.88. The predicted octanol–water partition coefficient (Wildman–Crippen LogP) is 0.231. The van der Waals surface area contributed by atoms with Crippen molar-refractivity contribution in [3.8, 4) is 0 Å². The molecule has 0 radical (unpaired) electrons. The van der Waals surface area contributed by atoms with Gasteiger partial charge in [-0.3, -0.25) is 14.5 Å². The molecule has 14 nitrogen and oxygen atoms in total. The Morgan fingerprint density at radius 1 is 1.03 bits per heavy atom. The van der Waals surface area contributed by atoms with E-state index in [1.54, 1.807) is 0 Å². The summed E-state index contributed by atoms with van der Waals surface area (Å²) in [5, 5.41) is 38.0. The molecular weight excluding hydrogens is 556 g/mol. The Labute approximate surface area is 231 Å². The van der Waals surface area contributed by atoms with E-state index in [0.29, 0.717) is 9.90 Å². The number of aliphatic hydroxyl groups is 1. The number of ether oxygens (including phenoxy) is 1. The number of carbonyl (C=O) groups is 3. The van der Waals surface area contributed by atoms with Gasteiger partial charge in [0, 0.05) is 56.4 Å². The maximum atomic E-state index is 12.0. The Morgan fingerprint density at radius 2 is 1.59 bits per heavy atom. The van der Waals surface area contributed by atoms with E-state index in [2.05, 4.69) is 33.2 Å². The molecule has 0 aliphatic carbocycles. The number of hydrogen-bond acceptors (Lipinski definition) is 12. The smallest absolute Gasteiger partial charge is 0.336 e. The normalized spacial score (nSPS) is 19.6. The molecule has 4 N–H and O–H groups in total. The number of carboxylic acid groups (broad SMARTS) is 3. The Morgan fingerprint density at radius 3 is 2.10 bits per heavy atom. The molecule has 2 aliphatic rings. The quantitative estimate of drug-likeness (QED) is 0.270. The largest absolute Gasteiger partial charge is 0.481 e. The van der Waals surface area contributed by atoms with Gasteiger partial charge in [0.2, 0.25) is 0 Å². The van der Waals surface area contributed by atoms with Crippen LogP contribution >= 0.6 is 11.5 Å². The van der Waals surface area contributed by atoms with E-state index in [0.717, 1.165) is 76.9 Å². The lowest BCUT2D eigenvalue weighted by atomic mass is 9.88. The summed E-state index contributed by atoms with van der Waals surface area (Å²) in [6, 6.07) is 0. The molecule has 222 valence electrons. The second-order valence-corrected chi connectivity index (χ2v) is 13.8. The maximum Gasteiger partial charge on any atom is 0.336 e. The molecule has 0 aromatic carbocycles. The van der Waals surface area contributed by atoms with E-state index in [4.69, 9.17) is 25.2 Å². The Balaban J connectivity index is 0.000000349. The van der Waals surface area contributed by atoms with Crippen molar-refractivity contribution in [3.05, 3.63) is 5.69 Å². The topological polar surface area (TPSA) is 208 Å². The fourth-order valence-corrected chi connectivity index (χ4v) is 6.58. The van der Waals surface area contributed by atoms with Gasteiger partial charge < -0.3 is 30.1 Å². The lowest BCUT2D eigenvalue weighted by Crippen LogP contribution is -2.47. The highest BCUT2D eigenvalue weighted by molar-refractivity contribution is 7.92. The van der Waals surface area contributed by atoms with Crippen LogP contribution in [0.25, 0.3) is 0 Å². The summed E-state index contributed by atoms with van der Waals surface area (Å²) in [7, 11) is -3.25. The summed E-state index contributed by atoms with van der Waals surface area (Å²) >= 11 is 1.00. The van der Waals surface area contributed by atoms with Crippen LogP contribution in [0, 0.1) is 5.41 Å². The summed E-state index contributed by atoms with van der Waals surface area (Å²) in [4.78, 5) is 35.4. The van der Waals surface area contributed by atoms with Gasteiger partial charge in [-0.15, -0.1) is 5.10 Å². The van der Waals surface area contributed by atoms with Crippen LogP contribution < -0.4 is 0 Å². The first-order valence-electron chi connectivity index (χ1n) is 12.5. The van der Waals surface area contributed by atoms with Crippen molar-refractivity contribution in [3.63, 3.8) is 0 Å². The first-order valence-corrected chi connectivity index (χ1v) is 15.1. The molecule has 16 heteroatoms. The summed E-state index contributed by atoms with van der Waals surface area (Å²) in [6.45, 7) is 12.3. The van der Waals surface area contributed by atoms with Crippen LogP contribution in [0.3, 0.4) is 0 Å². The number of aromatic nitrogens is 2. The number of nitrogens with zero attached hydrogens (tertiary/aromatic N) is 4. The third-order valence-corrected chi connectivity index (χ3v) is 8.96. The fraction of sp³-hybridized carbons (Fsp3) is 0.783. The minimum Gasteiger partial charge on any atom is -0.481 e. The molecule has 2 fully saturated rings. The zero-order valence-electron chi connectivity index (χ0n) is 22.4. The standard InChI is InChI=1S/C17H30N4O3S2.C6H8O7/c1-17(2,12-20-7-9-24-10-8-20)13-21-6-4-5-14(11-21)15-16(25-19-18-15)26(3,22)23;7-3(8)1-6(13,5(11)12)2-4(9)10/h14H,4-13H2,1-3H3;13H,1-2H2,(H,7,8)(H,9,10)(H,11,12). The summed E-state index contributed by atoms with van der Waals surface area (Å²) in [6.07, 6.45) is 1.01. The molecule has 3 heterocycles. The highest BCUT2D eigenvalue weighted by atomic mass is 32.2. The molecule has 2 aliphatic heterocycles. The zero-order valence-corrected chi connectivity index (χ0v) is 24.0. The van der Waals surface area contributed by atoms with Gasteiger partial charge >= 0.3 is 17.9 Å². The molecule has 1 atom stereocenters. The second-order valence-electron chi connectivity index (χ2n) is 10.8. The van der Waals surface area contributed by atoms with Gasteiger partial charge in [0.1, 0.15) is 0 Å². The van der Waals surface area contributed by atoms with Crippen molar-refractivity contribution in [2.45, 2.75) is 55.3 Å². The number of likely N-dealkylation sites (tertiary alicyclic amines) is 1. The van der Waals surface area contributed by atoms with E-state index in [-0.39, 0.29) is 11.3 Å². The van der Waals surface area contributed by atoms with Crippen LogP contribution in [-0.2, 0) is 29.0 Å². The molecule has 0 saturated carbocycles. The number of hydrogen-bond donors (Lipinski definition) is 4. The molecule has 0 amide bonds. The van der Waals surface area contributed by atoms with Crippen LogP contribution in [0.1, 0.15) is 51.1 Å². The molecule has 1 aromatic rings. The van der Waals surface area contributed by atoms with E-state index in [9.17, 15) is 22.8 Å². The predicted molar refractivity (Wildman–Crippen MR) is 140 cm³/mol. The summed E-state index contributed by atoms with van der Waals surface area (Å²) < 4.78 is 33.7. The highest BCUT2D eigenvalue weighted by Gasteiger charge is 2.40. The lowest BCUT2D eigenvalue weighted by molar-refractivity contribution is -0.170. The number of carboxylic acids is 3. The minimum atomic E-state index is -3.25. The van der Waals surface area contributed by atoms with Gasteiger partial charge in [-0.2, -0.15) is 0 Å². The van der Waals surface area contributed by atoms with E-state index in [1.807, 2.05) is 0 Å². The molecule has 3 rings (SSSR count). The van der Waals surface area contributed by atoms with Crippen LogP contribution in [0.4, 0.5) is 0 Å². The maximum absolute atomic E-state index is 12.0. The molecule has 1 aromatic heterocycles. The first-order chi connectivity index (χ1) is 18.0. The van der Waals surface area contributed by atoms with E-state index >= 15 is 0 Å². The lowest BCUT2D eigenvalue weighted by Gasteiger charge is -2.40. The Kier molecular flexibility index (Phi) is 11.7. The summed E-state index contributed by atoms with van der Waals surface area (Å²) in [5.74, 6) is -4.86. The number of morpholine rings is 1. The molecule has 0 spiro atoms. The third-order valence-electron chi connectivity index (χ3n) is 6.40. The van der Waals surface area contributed by atoms with Crippen LogP contribution in [0.15, 0.2) is 4.21 Å². The van der Waals surface area contributed by atoms with Crippen molar-refractivity contribution < 1.29 is 48.0 Å². The van der Waals surface area contributed by atoms with Crippen molar-refractivity contribution in [1.29, 1.82) is 0 Å². The highest BCUT2D eigenvalue weighted by Crippen LogP contribution is 2.33. The number of aliphatic carboxylic acids is 3. The molecule has 2 saturated heterocycles. The minimum absolute atomic E-state index is 0.159. The van der Waals surface area contributed by atoms with Crippen molar-refractivity contribution >= 4 is 39.3 Å². The van der Waals surface area contributed by atoms with Crippen molar-refractivity contribution in [2.24, 2.45) is 5.41 Å². The molecule has 1 unspecified atom stereocenters. The van der Waals surface area contributed by atoms with E-state index < -0.39 is 46.2 Å².